The number of nitro benzene ring substituents is 2. The Morgan fingerprint density at radius 2 is 1.78 bits per heavy atom. The van der Waals surface area contributed by atoms with Crippen LogP contribution in [0.5, 0.6) is 0 Å². The first-order chi connectivity index (χ1) is 11.0. The molecule has 2 aromatic rings. The van der Waals surface area contributed by atoms with Crippen molar-refractivity contribution in [2.45, 2.75) is 0 Å². The quantitative estimate of drug-likeness (QED) is 0.477. The van der Waals surface area contributed by atoms with Gasteiger partial charge in [0.15, 0.2) is 0 Å². The van der Waals surface area contributed by atoms with Gasteiger partial charge in [-0.05, 0) is 6.07 Å². The van der Waals surface area contributed by atoms with Crippen LogP contribution in [-0.4, -0.2) is 27.3 Å². The van der Waals surface area contributed by atoms with Gasteiger partial charge in [0.1, 0.15) is 5.69 Å². The number of anilines is 1. The summed E-state index contributed by atoms with van der Waals surface area (Å²) in [4.78, 5) is 20.2. The molecule has 0 saturated carbocycles. The number of benzene rings is 2. The average molecular weight is 316 g/mol. The van der Waals surface area contributed by atoms with Gasteiger partial charge in [-0.15, -0.1) is 0 Å². The van der Waals surface area contributed by atoms with Gasteiger partial charge in [0, 0.05) is 11.6 Å². The largest absolute Gasteiger partial charge is 0.390 e. The van der Waals surface area contributed by atoms with E-state index in [1.165, 1.54) is 6.07 Å². The van der Waals surface area contributed by atoms with Crippen molar-refractivity contribution in [3.05, 3.63) is 74.3 Å². The Kier molecular flexibility index (Phi) is 4.95. The van der Waals surface area contributed by atoms with Gasteiger partial charge < -0.3 is 5.11 Å². The second-order valence-corrected chi connectivity index (χ2v) is 4.41. The van der Waals surface area contributed by atoms with Gasteiger partial charge in [-0.2, -0.15) is 5.10 Å². The van der Waals surface area contributed by atoms with E-state index in [0.29, 0.717) is 5.56 Å². The molecule has 0 aliphatic heterocycles. The van der Waals surface area contributed by atoms with Gasteiger partial charge in [0.25, 0.3) is 5.69 Å². The van der Waals surface area contributed by atoms with E-state index in [9.17, 15) is 25.3 Å². The topological polar surface area (TPSA) is 131 Å². The van der Waals surface area contributed by atoms with Crippen molar-refractivity contribution >= 4 is 22.8 Å². The maximum atomic E-state index is 11.0. The standard InChI is InChI=1S/C14H12N4O5/c19-9-13(10-4-2-1-3-5-10)16-15-12-7-6-11(17(20)21)8-14(12)18(22)23/h1-8,15,19H,9H2/b16-13+. The summed E-state index contributed by atoms with van der Waals surface area (Å²) in [7, 11) is 0. The monoisotopic (exact) mass is 316 g/mol. The lowest BCUT2D eigenvalue weighted by molar-refractivity contribution is -0.393. The summed E-state index contributed by atoms with van der Waals surface area (Å²) in [6.45, 7) is -0.377. The summed E-state index contributed by atoms with van der Waals surface area (Å²) in [5, 5.41) is 35.0. The third-order valence-corrected chi connectivity index (χ3v) is 2.96. The summed E-state index contributed by atoms with van der Waals surface area (Å²) < 4.78 is 0. The lowest BCUT2D eigenvalue weighted by Gasteiger charge is -2.06. The molecule has 118 valence electrons. The van der Waals surface area contributed by atoms with Crippen LogP contribution in [0.3, 0.4) is 0 Å². The van der Waals surface area contributed by atoms with Crippen LogP contribution in [-0.2, 0) is 0 Å². The van der Waals surface area contributed by atoms with Crippen LogP contribution in [0.1, 0.15) is 5.56 Å². The molecule has 0 aromatic heterocycles. The molecule has 0 amide bonds. The molecule has 2 N–H and O–H groups in total. The maximum absolute atomic E-state index is 11.0. The summed E-state index contributed by atoms with van der Waals surface area (Å²) in [6, 6.07) is 11.9. The molecule has 0 aliphatic rings. The number of nitro groups is 2. The van der Waals surface area contributed by atoms with Crippen LogP contribution in [0.15, 0.2) is 53.6 Å². The van der Waals surface area contributed by atoms with Gasteiger partial charge in [0.2, 0.25) is 0 Å². The molecular formula is C14H12N4O5. The molecular weight excluding hydrogens is 304 g/mol. The minimum atomic E-state index is -0.744. The highest BCUT2D eigenvalue weighted by Crippen LogP contribution is 2.28. The first-order valence-corrected chi connectivity index (χ1v) is 6.44. The fourth-order valence-electron chi connectivity index (χ4n) is 1.83. The lowest BCUT2D eigenvalue weighted by Crippen LogP contribution is -2.09. The van der Waals surface area contributed by atoms with E-state index in [1.54, 1.807) is 30.3 Å². The number of non-ortho nitro benzene ring substituents is 1. The second kappa shape index (κ2) is 7.09. The smallest absolute Gasteiger partial charge is 0.301 e. The summed E-state index contributed by atoms with van der Waals surface area (Å²) in [6.07, 6.45) is 0. The van der Waals surface area contributed by atoms with Crippen LogP contribution in [0.25, 0.3) is 0 Å². The Morgan fingerprint density at radius 3 is 2.35 bits per heavy atom. The zero-order valence-corrected chi connectivity index (χ0v) is 11.7. The van der Waals surface area contributed by atoms with E-state index < -0.39 is 21.2 Å². The summed E-state index contributed by atoms with van der Waals surface area (Å²) >= 11 is 0. The Hall–Kier alpha value is -3.33. The van der Waals surface area contributed by atoms with E-state index in [1.807, 2.05) is 0 Å². The molecule has 0 bridgehead atoms. The molecule has 0 radical (unpaired) electrons. The zero-order chi connectivity index (χ0) is 16.8. The number of hydrogen-bond acceptors (Lipinski definition) is 7. The molecule has 2 rings (SSSR count). The highest BCUT2D eigenvalue weighted by Gasteiger charge is 2.19. The van der Waals surface area contributed by atoms with Crippen molar-refractivity contribution in [3.63, 3.8) is 0 Å². The van der Waals surface area contributed by atoms with Crippen molar-refractivity contribution < 1.29 is 15.0 Å². The van der Waals surface area contributed by atoms with Gasteiger partial charge in [-0.3, -0.25) is 25.7 Å². The number of hydrogen-bond donors (Lipinski definition) is 2. The Bertz CT molecular complexity index is 761. The molecule has 23 heavy (non-hydrogen) atoms. The van der Waals surface area contributed by atoms with E-state index in [-0.39, 0.29) is 18.0 Å². The third-order valence-electron chi connectivity index (χ3n) is 2.96. The SMILES string of the molecule is O=[N+]([O-])c1ccc(N/N=C(\CO)c2ccccc2)c([N+](=O)[O-])c1. The number of aliphatic hydroxyl groups excluding tert-OH is 1. The van der Waals surface area contributed by atoms with Gasteiger partial charge in [-0.25, -0.2) is 0 Å². The predicted molar refractivity (Wildman–Crippen MR) is 83.4 cm³/mol. The minimum Gasteiger partial charge on any atom is -0.390 e. The molecule has 9 nitrogen and oxygen atoms in total. The van der Waals surface area contributed by atoms with Crippen molar-refractivity contribution in [2.75, 3.05) is 12.0 Å². The van der Waals surface area contributed by atoms with Crippen molar-refractivity contribution in [3.8, 4) is 0 Å². The number of nitrogens with zero attached hydrogens (tertiary/aromatic N) is 3. The molecule has 0 fully saturated rings. The highest BCUT2D eigenvalue weighted by molar-refractivity contribution is 6.01. The Balaban J connectivity index is 2.33. The molecule has 0 heterocycles. The van der Waals surface area contributed by atoms with Crippen LogP contribution < -0.4 is 5.43 Å². The van der Waals surface area contributed by atoms with Crippen LogP contribution in [0, 0.1) is 20.2 Å². The molecule has 0 spiro atoms. The number of rotatable bonds is 6. The second-order valence-electron chi connectivity index (χ2n) is 4.41. The molecule has 0 aliphatic carbocycles. The minimum absolute atomic E-state index is 0.0116. The lowest BCUT2D eigenvalue weighted by atomic mass is 10.1. The van der Waals surface area contributed by atoms with Gasteiger partial charge in [0.05, 0.1) is 28.2 Å². The van der Waals surface area contributed by atoms with Crippen molar-refractivity contribution in [2.24, 2.45) is 5.10 Å². The molecule has 0 unspecified atom stereocenters. The van der Waals surface area contributed by atoms with E-state index >= 15 is 0 Å². The fourth-order valence-corrected chi connectivity index (χ4v) is 1.83. The van der Waals surface area contributed by atoms with E-state index in [2.05, 4.69) is 10.5 Å². The average Bonchev–Trinajstić information content (AvgIpc) is 2.56. The fraction of sp³-hybridized carbons (Fsp3) is 0.0714. The van der Waals surface area contributed by atoms with Gasteiger partial charge in [-0.1, -0.05) is 30.3 Å². The predicted octanol–water partition coefficient (Wildman–Crippen LogP) is 2.31. The molecule has 0 atom stereocenters. The highest BCUT2D eigenvalue weighted by atomic mass is 16.6. The summed E-state index contributed by atoms with van der Waals surface area (Å²) in [5.41, 5.74) is 2.51. The van der Waals surface area contributed by atoms with Crippen molar-refractivity contribution in [1.29, 1.82) is 0 Å². The molecule has 0 saturated heterocycles. The molecule has 9 heteroatoms. The van der Waals surface area contributed by atoms with Crippen LogP contribution >= 0.6 is 0 Å². The maximum Gasteiger partial charge on any atom is 0.301 e. The number of aliphatic hydroxyl groups is 1. The van der Waals surface area contributed by atoms with E-state index in [4.69, 9.17) is 0 Å². The normalized spacial score (nSPS) is 11.1. The third kappa shape index (κ3) is 3.86. The zero-order valence-electron chi connectivity index (χ0n) is 11.7. The summed E-state index contributed by atoms with van der Waals surface area (Å²) in [5.74, 6) is 0. The number of nitrogens with one attached hydrogen (secondary N) is 1. The number of hydrazone groups is 1. The van der Waals surface area contributed by atoms with Crippen molar-refractivity contribution in [1.82, 2.24) is 0 Å². The van der Waals surface area contributed by atoms with Gasteiger partial charge >= 0.3 is 5.69 Å². The first-order valence-electron chi connectivity index (χ1n) is 6.44. The van der Waals surface area contributed by atoms with Crippen LogP contribution in [0.2, 0.25) is 0 Å². The van der Waals surface area contributed by atoms with Crippen LogP contribution in [0.4, 0.5) is 17.1 Å². The first kappa shape index (κ1) is 16.0. The van der Waals surface area contributed by atoms with E-state index in [0.717, 1.165) is 12.1 Å². The Morgan fingerprint density at radius 1 is 1.09 bits per heavy atom. The molecule has 2 aromatic carbocycles. The Labute approximate surface area is 130 Å².